The van der Waals surface area contributed by atoms with E-state index < -0.39 is 0 Å². The summed E-state index contributed by atoms with van der Waals surface area (Å²) in [7, 11) is 4.07. The summed E-state index contributed by atoms with van der Waals surface area (Å²) in [5.74, 6) is 0.928. The van der Waals surface area contributed by atoms with Gasteiger partial charge in [-0.25, -0.2) is 0 Å². The van der Waals surface area contributed by atoms with Gasteiger partial charge >= 0.3 is 0 Å². The van der Waals surface area contributed by atoms with Crippen molar-refractivity contribution in [3.63, 3.8) is 0 Å². The van der Waals surface area contributed by atoms with E-state index in [0.29, 0.717) is 6.10 Å². The molecule has 0 spiro atoms. The highest BCUT2D eigenvalue weighted by Crippen LogP contribution is 2.20. The Hall–Kier alpha value is -0.120. The maximum absolute atomic E-state index is 5.40. The predicted octanol–water partition coefficient (Wildman–Crippen LogP) is 1.05. The van der Waals surface area contributed by atoms with Gasteiger partial charge in [0.2, 0.25) is 0 Å². The Bertz CT molecular complexity index is 190. The second-order valence-electron chi connectivity index (χ2n) is 5.15. The predicted molar refractivity (Wildman–Crippen MR) is 62.1 cm³/mol. The Morgan fingerprint density at radius 1 is 1.13 bits per heavy atom. The SMILES string of the molecule is COC1CCN(CC2CCN(C)CC2)C1. The molecule has 3 nitrogen and oxygen atoms in total. The highest BCUT2D eigenvalue weighted by molar-refractivity contribution is 4.80. The number of methoxy groups -OCH3 is 1. The minimum atomic E-state index is 0.497. The third kappa shape index (κ3) is 3.16. The van der Waals surface area contributed by atoms with Crippen LogP contribution in [0.3, 0.4) is 0 Å². The van der Waals surface area contributed by atoms with Crippen LogP contribution in [0.5, 0.6) is 0 Å². The topological polar surface area (TPSA) is 15.7 Å². The smallest absolute Gasteiger partial charge is 0.0710 e. The van der Waals surface area contributed by atoms with E-state index in [4.69, 9.17) is 4.74 Å². The van der Waals surface area contributed by atoms with Gasteiger partial charge in [0, 0.05) is 26.7 Å². The van der Waals surface area contributed by atoms with E-state index in [1.807, 2.05) is 7.11 Å². The molecule has 0 aromatic rings. The Labute approximate surface area is 93.4 Å². The molecule has 15 heavy (non-hydrogen) atoms. The summed E-state index contributed by atoms with van der Waals surface area (Å²) < 4.78 is 5.40. The second-order valence-corrected chi connectivity index (χ2v) is 5.15. The molecule has 2 rings (SSSR count). The Morgan fingerprint density at radius 2 is 1.87 bits per heavy atom. The van der Waals surface area contributed by atoms with E-state index in [0.717, 1.165) is 12.5 Å². The van der Waals surface area contributed by atoms with E-state index in [2.05, 4.69) is 16.8 Å². The summed E-state index contributed by atoms with van der Waals surface area (Å²) >= 11 is 0. The van der Waals surface area contributed by atoms with Crippen LogP contribution >= 0.6 is 0 Å². The largest absolute Gasteiger partial charge is 0.380 e. The molecular formula is C12H24N2O. The van der Waals surface area contributed by atoms with Gasteiger partial charge in [0.15, 0.2) is 0 Å². The fourth-order valence-electron chi connectivity index (χ4n) is 2.77. The molecule has 0 aromatic carbocycles. The average molecular weight is 212 g/mol. The Kier molecular flexibility index (Phi) is 4.00. The fourth-order valence-corrected chi connectivity index (χ4v) is 2.77. The average Bonchev–Trinajstić information content (AvgIpc) is 2.69. The zero-order chi connectivity index (χ0) is 10.7. The highest BCUT2D eigenvalue weighted by atomic mass is 16.5. The van der Waals surface area contributed by atoms with Gasteiger partial charge < -0.3 is 14.5 Å². The van der Waals surface area contributed by atoms with Crippen LogP contribution < -0.4 is 0 Å². The lowest BCUT2D eigenvalue weighted by atomic mass is 9.97. The first kappa shape index (κ1) is 11.4. The van der Waals surface area contributed by atoms with E-state index in [1.54, 1.807) is 0 Å². The summed E-state index contributed by atoms with van der Waals surface area (Å²) in [6.45, 7) is 6.26. The molecule has 0 N–H and O–H groups in total. The van der Waals surface area contributed by atoms with Gasteiger partial charge in [0.25, 0.3) is 0 Å². The molecule has 0 saturated carbocycles. The summed E-state index contributed by atoms with van der Waals surface area (Å²) in [6, 6.07) is 0. The first-order chi connectivity index (χ1) is 7.28. The fraction of sp³-hybridized carbons (Fsp3) is 1.00. The van der Waals surface area contributed by atoms with Crippen molar-refractivity contribution in [3.8, 4) is 0 Å². The van der Waals surface area contributed by atoms with Gasteiger partial charge in [0.05, 0.1) is 6.10 Å². The molecule has 2 aliphatic rings. The normalized spacial score (nSPS) is 31.2. The van der Waals surface area contributed by atoms with E-state index in [-0.39, 0.29) is 0 Å². The van der Waals surface area contributed by atoms with Gasteiger partial charge in [-0.05, 0) is 45.3 Å². The quantitative estimate of drug-likeness (QED) is 0.695. The highest BCUT2D eigenvalue weighted by Gasteiger charge is 2.25. The Balaban J connectivity index is 1.69. The molecule has 2 aliphatic heterocycles. The van der Waals surface area contributed by atoms with Crippen LogP contribution in [0.25, 0.3) is 0 Å². The van der Waals surface area contributed by atoms with Crippen LogP contribution in [-0.2, 0) is 4.74 Å². The number of ether oxygens (including phenoxy) is 1. The number of hydrogen-bond acceptors (Lipinski definition) is 3. The van der Waals surface area contributed by atoms with Crippen molar-refractivity contribution < 1.29 is 4.74 Å². The zero-order valence-corrected chi connectivity index (χ0v) is 10.1. The maximum Gasteiger partial charge on any atom is 0.0710 e. The van der Waals surface area contributed by atoms with Crippen LogP contribution in [0.2, 0.25) is 0 Å². The summed E-state index contributed by atoms with van der Waals surface area (Å²) in [4.78, 5) is 5.03. The van der Waals surface area contributed by atoms with Crippen molar-refractivity contribution in [1.29, 1.82) is 0 Å². The minimum Gasteiger partial charge on any atom is -0.380 e. The van der Waals surface area contributed by atoms with Crippen molar-refractivity contribution >= 4 is 0 Å². The second kappa shape index (κ2) is 5.28. The van der Waals surface area contributed by atoms with Crippen molar-refractivity contribution in [3.05, 3.63) is 0 Å². The number of hydrogen-bond donors (Lipinski definition) is 0. The van der Waals surface area contributed by atoms with Gasteiger partial charge in [-0.1, -0.05) is 0 Å². The molecular weight excluding hydrogens is 188 g/mol. The van der Waals surface area contributed by atoms with Crippen LogP contribution in [0.4, 0.5) is 0 Å². The lowest BCUT2D eigenvalue weighted by Crippen LogP contribution is -2.36. The van der Waals surface area contributed by atoms with Crippen molar-refractivity contribution in [2.75, 3.05) is 46.9 Å². The molecule has 2 fully saturated rings. The van der Waals surface area contributed by atoms with Crippen LogP contribution in [0, 0.1) is 5.92 Å². The van der Waals surface area contributed by atoms with Gasteiger partial charge in [0.1, 0.15) is 0 Å². The summed E-state index contributed by atoms with van der Waals surface area (Å²) in [5, 5.41) is 0. The number of rotatable bonds is 3. The molecule has 0 bridgehead atoms. The van der Waals surface area contributed by atoms with E-state index in [9.17, 15) is 0 Å². The standard InChI is InChI=1S/C12H24N2O/c1-13-6-3-11(4-7-13)9-14-8-5-12(10-14)15-2/h11-12H,3-10H2,1-2H3. The third-order valence-corrected chi connectivity index (χ3v) is 3.92. The van der Waals surface area contributed by atoms with Gasteiger partial charge in [-0.2, -0.15) is 0 Å². The van der Waals surface area contributed by atoms with Crippen LogP contribution in [0.15, 0.2) is 0 Å². The zero-order valence-electron chi connectivity index (χ0n) is 10.1. The van der Waals surface area contributed by atoms with Gasteiger partial charge in [-0.3, -0.25) is 0 Å². The van der Waals surface area contributed by atoms with E-state index >= 15 is 0 Å². The molecule has 0 radical (unpaired) electrons. The van der Waals surface area contributed by atoms with Crippen molar-refractivity contribution in [2.24, 2.45) is 5.92 Å². The lowest BCUT2D eigenvalue weighted by Gasteiger charge is -2.31. The monoisotopic (exact) mass is 212 g/mol. The summed E-state index contributed by atoms with van der Waals surface area (Å²) in [6.07, 6.45) is 4.48. The molecule has 3 heteroatoms. The third-order valence-electron chi connectivity index (χ3n) is 3.92. The van der Waals surface area contributed by atoms with Crippen LogP contribution in [-0.4, -0.2) is 62.8 Å². The number of piperidine rings is 1. The maximum atomic E-state index is 5.40. The van der Waals surface area contributed by atoms with Crippen molar-refractivity contribution in [1.82, 2.24) is 9.80 Å². The molecule has 1 unspecified atom stereocenters. The molecule has 88 valence electrons. The molecule has 0 aliphatic carbocycles. The number of nitrogens with zero attached hydrogens (tertiary/aromatic N) is 2. The minimum absolute atomic E-state index is 0.497. The Morgan fingerprint density at radius 3 is 2.47 bits per heavy atom. The first-order valence-corrected chi connectivity index (χ1v) is 6.21. The molecule has 2 saturated heterocycles. The van der Waals surface area contributed by atoms with Gasteiger partial charge in [-0.15, -0.1) is 0 Å². The van der Waals surface area contributed by atoms with Crippen LogP contribution in [0.1, 0.15) is 19.3 Å². The molecule has 0 amide bonds. The molecule has 0 aromatic heterocycles. The van der Waals surface area contributed by atoms with Crippen molar-refractivity contribution in [2.45, 2.75) is 25.4 Å². The summed E-state index contributed by atoms with van der Waals surface area (Å²) in [5.41, 5.74) is 0. The lowest BCUT2D eigenvalue weighted by molar-refractivity contribution is 0.102. The molecule has 1 atom stereocenters. The number of likely N-dealkylation sites (tertiary alicyclic amines) is 2. The first-order valence-electron chi connectivity index (χ1n) is 6.21. The van der Waals surface area contributed by atoms with E-state index in [1.165, 1.54) is 45.4 Å². The molecule has 2 heterocycles.